The quantitative estimate of drug-likeness (QED) is 0.940. The Kier molecular flexibility index (Phi) is 3.93. The van der Waals surface area contributed by atoms with E-state index in [4.69, 9.17) is 5.10 Å². The molecule has 128 valence electrons. The minimum Gasteiger partial charge on any atom is -0.316 e. The first-order chi connectivity index (χ1) is 11.6. The predicted molar refractivity (Wildman–Crippen MR) is 92.8 cm³/mol. The molecule has 2 aliphatic rings. The summed E-state index contributed by atoms with van der Waals surface area (Å²) in [5.41, 5.74) is 4.95. The summed E-state index contributed by atoms with van der Waals surface area (Å²) in [6.07, 6.45) is 2.60. The molecule has 3 heterocycles. The van der Waals surface area contributed by atoms with Crippen molar-refractivity contribution in [3.05, 3.63) is 47.0 Å². The van der Waals surface area contributed by atoms with E-state index in [-0.39, 0.29) is 5.82 Å². The Morgan fingerprint density at radius 3 is 2.71 bits per heavy atom. The maximum Gasteiger partial charge on any atom is 0.123 e. The molecule has 0 radical (unpaired) electrons. The number of hydrogen-bond donors (Lipinski definition) is 1. The maximum atomic E-state index is 13.2. The summed E-state index contributed by atoms with van der Waals surface area (Å²) >= 11 is 0. The van der Waals surface area contributed by atoms with Gasteiger partial charge in [0.2, 0.25) is 0 Å². The fourth-order valence-electron chi connectivity index (χ4n) is 4.27. The van der Waals surface area contributed by atoms with Crippen LogP contribution in [0.3, 0.4) is 0 Å². The van der Waals surface area contributed by atoms with Gasteiger partial charge in [0.05, 0.1) is 11.4 Å². The maximum absolute atomic E-state index is 13.2. The highest BCUT2D eigenvalue weighted by atomic mass is 19.1. The van der Waals surface area contributed by atoms with Gasteiger partial charge in [-0.2, -0.15) is 5.10 Å². The molecule has 24 heavy (non-hydrogen) atoms. The van der Waals surface area contributed by atoms with Crippen molar-refractivity contribution >= 4 is 0 Å². The summed E-state index contributed by atoms with van der Waals surface area (Å²) in [4.78, 5) is 2.57. The predicted octanol–water partition coefficient (Wildman–Crippen LogP) is 2.81. The fourth-order valence-corrected chi connectivity index (χ4v) is 4.27. The Morgan fingerprint density at radius 1 is 1.21 bits per heavy atom. The van der Waals surface area contributed by atoms with Crippen LogP contribution in [-0.2, 0) is 6.54 Å². The van der Waals surface area contributed by atoms with Gasteiger partial charge < -0.3 is 5.32 Å². The van der Waals surface area contributed by atoms with E-state index in [1.165, 1.54) is 43.6 Å². The molecular weight excluding hydrogens is 303 g/mol. The third-order valence-corrected chi connectivity index (χ3v) is 5.74. The van der Waals surface area contributed by atoms with Gasteiger partial charge >= 0.3 is 0 Å². The second kappa shape index (κ2) is 5.97. The Bertz CT molecular complexity index is 729. The molecule has 0 amide bonds. The number of aryl methyl sites for hydroxylation is 1. The van der Waals surface area contributed by atoms with Crippen molar-refractivity contribution in [1.29, 1.82) is 0 Å². The molecule has 2 saturated heterocycles. The lowest BCUT2D eigenvalue weighted by atomic mass is 9.86. The standard InChI is InChI=1S/C19H25FN4/c1-14-18(11-23-10-8-19(13-23)7-9-21-12-19)15(2)24(22-14)17-5-3-16(20)4-6-17/h3-6,21H,7-13H2,1-2H3. The third-order valence-electron chi connectivity index (χ3n) is 5.74. The minimum absolute atomic E-state index is 0.215. The van der Waals surface area contributed by atoms with E-state index >= 15 is 0 Å². The van der Waals surface area contributed by atoms with Gasteiger partial charge in [0, 0.05) is 30.9 Å². The number of hydrogen-bond acceptors (Lipinski definition) is 3. The molecular formula is C19H25FN4. The highest BCUT2D eigenvalue weighted by Gasteiger charge is 2.40. The van der Waals surface area contributed by atoms with Crippen molar-refractivity contribution < 1.29 is 4.39 Å². The number of halogens is 1. The zero-order chi connectivity index (χ0) is 16.7. The largest absolute Gasteiger partial charge is 0.316 e. The first-order valence-corrected chi connectivity index (χ1v) is 8.80. The monoisotopic (exact) mass is 328 g/mol. The summed E-state index contributed by atoms with van der Waals surface area (Å²) in [6, 6.07) is 6.55. The van der Waals surface area contributed by atoms with Crippen LogP contribution in [0.15, 0.2) is 24.3 Å². The highest BCUT2D eigenvalue weighted by molar-refractivity contribution is 5.37. The van der Waals surface area contributed by atoms with Gasteiger partial charge in [0.1, 0.15) is 5.82 Å². The second-order valence-corrected chi connectivity index (χ2v) is 7.43. The van der Waals surface area contributed by atoms with Crippen molar-refractivity contribution in [2.24, 2.45) is 5.41 Å². The van der Waals surface area contributed by atoms with Crippen molar-refractivity contribution in [3.63, 3.8) is 0 Å². The van der Waals surface area contributed by atoms with Gasteiger partial charge in [-0.05, 0) is 69.5 Å². The summed E-state index contributed by atoms with van der Waals surface area (Å²) in [5, 5.41) is 8.21. The number of nitrogens with zero attached hydrogens (tertiary/aromatic N) is 3. The van der Waals surface area contributed by atoms with Gasteiger partial charge in [-0.3, -0.25) is 4.90 Å². The zero-order valence-electron chi connectivity index (χ0n) is 14.5. The molecule has 1 N–H and O–H groups in total. The molecule has 2 aromatic rings. The molecule has 1 spiro atoms. The highest BCUT2D eigenvalue weighted by Crippen LogP contribution is 2.37. The van der Waals surface area contributed by atoms with Gasteiger partial charge in [0.15, 0.2) is 0 Å². The number of nitrogens with one attached hydrogen (secondary N) is 1. The van der Waals surface area contributed by atoms with Gasteiger partial charge in [0.25, 0.3) is 0 Å². The summed E-state index contributed by atoms with van der Waals surface area (Å²) in [7, 11) is 0. The van der Waals surface area contributed by atoms with Crippen molar-refractivity contribution in [2.75, 3.05) is 26.2 Å². The van der Waals surface area contributed by atoms with Crippen LogP contribution < -0.4 is 5.32 Å². The molecule has 1 aromatic heterocycles. The van der Waals surface area contributed by atoms with Gasteiger partial charge in [-0.1, -0.05) is 0 Å². The number of likely N-dealkylation sites (tertiary alicyclic amines) is 1. The molecule has 1 atom stereocenters. The number of benzene rings is 1. The van der Waals surface area contributed by atoms with Gasteiger partial charge in [-0.15, -0.1) is 0 Å². The number of aromatic nitrogens is 2. The Hall–Kier alpha value is -1.72. The smallest absolute Gasteiger partial charge is 0.123 e. The number of rotatable bonds is 3. The lowest BCUT2D eigenvalue weighted by Crippen LogP contribution is -2.29. The van der Waals surface area contributed by atoms with Crippen LogP contribution in [0.2, 0.25) is 0 Å². The first kappa shape index (κ1) is 15.8. The molecule has 0 aliphatic carbocycles. The zero-order valence-corrected chi connectivity index (χ0v) is 14.5. The van der Waals surface area contributed by atoms with Crippen molar-refractivity contribution in [1.82, 2.24) is 20.0 Å². The van der Waals surface area contributed by atoms with Crippen LogP contribution >= 0.6 is 0 Å². The van der Waals surface area contributed by atoms with E-state index < -0.39 is 0 Å². The van der Waals surface area contributed by atoms with Crippen LogP contribution in [0.25, 0.3) is 5.69 Å². The van der Waals surface area contributed by atoms with Crippen LogP contribution in [0.5, 0.6) is 0 Å². The molecule has 4 rings (SSSR count). The summed E-state index contributed by atoms with van der Waals surface area (Å²) in [6.45, 7) is 9.82. The molecule has 0 bridgehead atoms. The molecule has 0 saturated carbocycles. The second-order valence-electron chi connectivity index (χ2n) is 7.43. The summed E-state index contributed by atoms with van der Waals surface area (Å²) < 4.78 is 15.1. The van der Waals surface area contributed by atoms with Crippen LogP contribution in [0.1, 0.15) is 29.8 Å². The normalized spacial score (nSPS) is 24.3. The fraction of sp³-hybridized carbons (Fsp3) is 0.526. The average Bonchev–Trinajstić information content (AvgIpc) is 3.26. The van der Waals surface area contributed by atoms with Crippen molar-refractivity contribution in [3.8, 4) is 5.69 Å². The molecule has 4 nitrogen and oxygen atoms in total. The van der Waals surface area contributed by atoms with Crippen LogP contribution in [-0.4, -0.2) is 40.9 Å². The van der Waals surface area contributed by atoms with E-state index in [0.29, 0.717) is 5.41 Å². The van der Waals surface area contributed by atoms with Gasteiger partial charge in [-0.25, -0.2) is 9.07 Å². The van der Waals surface area contributed by atoms with E-state index in [0.717, 1.165) is 36.7 Å². The Balaban J connectivity index is 1.55. The minimum atomic E-state index is -0.215. The van der Waals surface area contributed by atoms with E-state index in [2.05, 4.69) is 24.1 Å². The summed E-state index contributed by atoms with van der Waals surface area (Å²) in [5.74, 6) is -0.215. The first-order valence-electron chi connectivity index (χ1n) is 8.80. The van der Waals surface area contributed by atoms with Crippen molar-refractivity contribution in [2.45, 2.75) is 33.2 Å². The molecule has 2 aliphatic heterocycles. The average molecular weight is 328 g/mol. The van der Waals surface area contributed by atoms with Crippen LogP contribution in [0, 0.1) is 25.1 Å². The third kappa shape index (κ3) is 2.76. The topological polar surface area (TPSA) is 33.1 Å². The lowest BCUT2D eigenvalue weighted by Gasteiger charge is -2.23. The lowest BCUT2D eigenvalue weighted by molar-refractivity contribution is 0.268. The van der Waals surface area contributed by atoms with E-state index in [1.54, 1.807) is 12.1 Å². The Morgan fingerprint density at radius 2 is 2.00 bits per heavy atom. The Labute approximate surface area is 142 Å². The molecule has 1 unspecified atom stereocenters. The molecule has 2 fully saturated rings. The SMILES string of the molecule is Cc1nn(-c2ccc(F)cc2)c(C)c1CN1CCC2(CCNC2)C1. The van der Waals surface area contributed by atoms with E-state index in [9.17, 15) is 4.39 Å². The van der Waals surface area contributed by atoms with Crippen LogP contribution in [0.4, 0.5) is 4.39 Å². The molecule has 1 aromatic carbocycles. The molecule has 5 heteroatoms. The van der Waals surface area contributed by atoms with E-state index in [1.807, 2.05) is 4.68 Å².